The van der Waals surface area contributed by atoms with Gasteiger partial charge in [-0.15, -0.1) is 0 Å². The molecule has 2 heterocycles. The van der Waals surface area contributed by atoms with E-state index in [9.17, 15) is 14.0 Å². The molecule has 23 heavy (non-hydrogen) atoms. The maximum absolute atomic E-state index is 13.6. The molecule has 1 aromatic rings. The molecule has 1 atom stereocenters. The van der Waals surface area contributed by atoms with E-state index in [-0.39, 0.29) is 23.9 Å². The molecule has 0 amide bonds. The van der Waals surface area contributed by atoms with E-state index in [2.05, 4.69) is 26.6 Å². The SMILES string of the molecule is O=C1CCC2=C1[C@H](c1ccc(F)c(Br)c1)C1=C(CNCC1=O)N2. The monoisotopic (exact) mass is 376 g/mol. The maximum atomic E-state index is 13.6. The van der Waals surface area contributed by atoms with Crippen molar-refractivity contribution in [3.8, 4) is 0 Å². The van der Waals surface area contributed by atoms with Crippen LogP contribution >= 0.6 is 15.9 Å². The van der Waals surface area contributed by atoms with Gasteiger partial charge >= 0.3 is 0 Å². The molecule has 1 aliphatic carbocycles. The first-order chi connectivity index (χ1) is 11.1. The normalized spacial score (nSPS) is 23.8. The molecule has 6 heteroatoms. The van der Waals surface area contributed by atoms with E-state index >= 15 is 0 Å². The van der Waals surface area contributed by atoms with Gasteiger partial charge in [0.1, 0.15) is 5.82 Å². The van der Waals surface area contributed by atoms with E-state index < -0.39 is 5.92 Å². The van der Waals surface area contributed by atoms with Crippen molar-refractivity contribution in [1.29, 1.82) is 0 Å². The average Bonchev–Trinajstić information content (AvgIpc) is 2.90. The summed E-state index contributed by atoms with van der Waals surface area (Å²) in [5.74, 6) is -0.713. The third-order valence-corrected chi connectivity index (χ3v) is 5.20. The molecule has 0 spiro atoms. The van der Waals surface area contributed by atoms with Crippen LogP contribution in [-0.2, 0) is 9.59 Å². The second-order valence-corrected chi connectivity index (χ2v) is 6.82. The van der Waals surface area contributed by atoms with Crippen LogP contribution in [0.2, 0.25) is 0 Å². The minimum atomic E-state index is -0.400. The van der Waals surface area contributed by atoms with Gasteiger partial charge in [0.25, 0.3) is 0 Å². The molecule has 0 bridgehead atoms. The molecule has 0 unspecified atom stereocenters. The third-order valence-electron chi connectivity index (χ3n) is 4.60. The molecule has 118 valence electrons. The number of carbonyl (C=O) groups is 2. The van der Waals surface area contributed by atoms with Crippen molar-refractivity contribution in [2.45, 2.75) is 18.8 Å². The molecule has 0 saturated carbocycles. The Bertz CT molecular complexity index is 813. The first-order valence-corrected chi connectivity index (χ1v) is 8.30. The van der Waals surface area contributed by atoms with Crippen molar-refractivity contribution in [3.05, 3.63) is 56.6 Å². The Morgan fingerprint density at radius 3 is 2.61 bits per heavy atom. The predicted molar refractivity (Wildman–Crippen MR) is 86.1 cm³/mol. The average molecular weight is 377 g/mol. The number of dihydropyridines is 1. The van der Waals surface area contributed by atoms with Gasteiger partial charge in [-0.25, -0.2) is 4.39 Å². The summed E-state index contributed by atoms with van der Waals surface area (Å²) in [6, 6.07) is 4.70. The Balaban J connectivity index is 1.91. The molecule has 2 N–H and O–H groups in total. The van der Waals surface area contributed by atoms with Crippen LogP contribution in [0.5, 0.6) is 0 Å². The zero-order chi connectivity index (χ0) is 16.1. The zero-order valence-electron chi connectivity index (χ0n) is 12.2. The van der Waals surface area contributed by atoms with E-state index in [1.54, 1.807) is 12.1 Å². The zero-order valence-corrected chi connectivity index (χ0v) is 13.8. The lowest BCUT2D eigenvalue weighted by atomic mass is 9.77. The molecule has 4 rings (SSSR count). The fraction of sp³-hybridized carbons (Fsp3) is 0.294. The van der Waals surface area contributed by atoms with Crippen molar-refractivity contribution in [1.82, 2.24) is 10.6 Å². The van der Waals surface area contributed by atoms with Crippen LogP contribution in [0.25, 0.3) is 0 Å². The van der Waals surface area contributed by atoms with Crippen molar-refractivity contribution >= 4 is 27.5 Å². The van der Waals surface area contributed by atoms with Gasteiger partial charge in [0.2, 0.25) is 0 Å². The summed E-state index contributed by atoms with van der Waals surface area (Å²) >= 11 is 3.20. The molecule has 0 radical (unpaired) electrons. The molecule has 0 aromatic heterocycles. The molecule has 1 aromatic carbocycles. The van der Waals surface area contributed by atoms with E-state index in [0.717, 1.165) is 17.0 Å². The second-order valence-electron chi connectivity index (χ2n) is 5.97. The van der Waals surface area contributed by atoms with Crippen LogP contribution < -0.4 is 10.6 Å². The van der Waals surface area contributed by atoms with Gasteiger partial charge in [-0.2, -0.15) is 0 Å². The smallest absolute Gasteiger partial charge is 0.175 e. The highest BCUT2D eigenvalue weighted by Gasteiger charge is 2.41. The van der Waals surface area contributed by atoms with E-state index in [1.807, 2.05) is 0 Å². The van der Waals surface area contributed by atoms with Crippen LogP contribution in [0.15, 0.2) is 45.2 Å². The van der Waals surface area contributed by atoms with Gasteiger partial charge in [-0.3, -0.25) is 9.59 Å². The Morgan fingerprint density at radius 2 is 1.83 bits per heavy atom. The number of allylic oxidation sites excluding steroid dienone is 2. The highest BCUT2D eigenvalue weighted by atomic mass is 79.9. The van der Waals surface area contributed by atoms with Crippen LogP contribution in [0.1, 0.15) is 24.3 Å². The summed E-state index contributed by atoms with van der Waals surface area (Å²) in [7, 11) is 0. The highest BCUT2D eigenvalue weighted by Crippen LogP contribution is 2.44. The molecular formula is C17H14BrFN2O2. The van der Waals surface area contributed by atoms with Gasteiger partial charge in [0, 0.05) is 41.4 Å². The number of hydrogen-bond donors (Lipinski definition) is 2. The molecule has 0 fully saturated rings. The lowest BCUT2D eigenvalue weighted by molar-refractivity contribution is -0.115. The minimum Gasteiger partial charge on any atom is -0.360 e. The molecule has 3 aliphatic rings. The first-order valence-electron chi connectivity index (χ1n) is 7.51. The summed E-state index contributed by atoms with van der Waals surface area (Å²) in [5, 5.41) is 6.34. The molecular weight excluding hydrogens is 363 g/mol. The number of carbonyl (C=O) groups excluding carboxylic acids is 2. The summed E-state index contributed by atoms with van der Waals surface area (Å²) < 4.78 is 13.9. The Labute approximate surface area is 141 Å². The number of nitrogens with one attached hydrogen (secondary N) is 2. The van der Waals surface area contributed by atoms with Gasteiger partial charge in [0.15, 0.2) is 11.6 Å². The Hall–Kier alpha value is -1.79. The number of rotatable bonds is 1. The standard InChI is InChI=1S/C17H14BrFN2O2/c18-9-5-8(1-2-10(9)19)15-16-11(3-4-13(16)22)21-12-6-20-7-14(23)17(12)15/h1-2,5,15,20-21H,3-4,6-7H2/t15-/m0/s1. The van der Waals surface area contributed by atoms with Crippen molar-refractivity contribution < 1.29 is 14.0 Å². The Kier molecular flexibility index (Phi) is 3.46. The summed E-state index contributed by atoms with van der Waals surface area (Å²) in [4.78, 5) is 24.9. The van der Waals surface area contributed by atoms with E-state index in [1.165, 1.54) is 6.07 Å². The van der Waals surface area contributed by atoms with Gasteiger partial charge in [0.05, 0.1) is 11.0 Å². The van der Waals surface area contributed by atoms with Gasteiger partial charge < -0.3 is 10.6 Å². The number of hydrogen-bond acceptors (Lipinski definition) is 4. The number of ketones is 2. The van der Waals surface area contributed by atoms with Crippen molar-refractivity contribution in [2.24, 2.45) is 0 Å². The Morgan fingerprint density at radius 1 is 1.04 bits per heavy atom. The van der Waals surface area contributed by atoms with Gasteiger partial charge in [-0.1, -0.05) is 6.07 Å². The molecule has 2 aliphatic heterocycles. The molecule has 4 nitrogen and oxygen atoms in total. The topological polar surface area (TPSA) is 58.2 Å². The van der Waals surface area contributed by atoms with Gasteiger partial charge in [-0.05, 0) is 40.0 Å². The second kappa shape index (κ2) is 5.39. The fourth-order valence-corrected chi connectivity index (χ4v) is 4.00. The van der Waals surface area contributed by atoms with E-state index in [0.29, 0.717) is 35.0 Å². The van der Waals surface area contributed by atoms with Crippen LogP contribution in [0, 0.1) is 5.82 Å². The van der Waals surface area contributed by atoms with Crippen LogP contribution in [-0.4, -0.2) is 24.7 Å². The number of halogens is 2. The largest absolute Gasteiger partial charge is 0.360 e. The highest BCUT2D eigenvalue weighted by molar-refractivity contribution is 9.10. The van der Waals surface area contributed by atoms with Crippen molar-refractivity contribution in [2.75, 3.05) is 13.1 Å². The fourth-order valence-electron chi connectivity index (χ4n) is 3.60. The molecule has 0 saturated heterocycles. The van der Waals surface area contributed by atoms with Crippen molar-refractivity contribution in [3.63, 3.8) is 0 Å². The number of benzene rings is 1. The lowest BCUT2D eigenvalue weighted by Gasteiger charge is -2.33. The van der Waals surface area contributed by atoms with E-state index in [4.69, 9.17) is 0 Å². The lowest BCUT2D eigenvalue weighted by Crippen LogP contribution is -2.42. The maximum Gasteiger partial charge on any atom is 0.175 e. The number of Topliss-reactive ketones (excluding diaryl/α,β-unsaturated/α-hetero) is 2. The summed E-state index contributed by atoms with van der Waals surface area (Å²) in [5.41, 5.74) is 3.80. The van der Waals surface area contributed by atoms with Crippen LogP contribution in [0.3, 0.4) is 0 Å². The quantitative estimate of drug-likeness (QED) is 0.789. The summed E-state index contributed by atoms with van der Waals surface area (Å²) in [6.07, 6.45) is 1.12. The predicted octanol–water partition coefficient (Wildman–Crippen LogP) is 2.32. The summed E-state index contributed by atoms with van der Waals surface area (Å²) in [6.45, 7) is 0.834. The van der Waals surface area contributed by atoms with Crippen LogP contribution in [0.4, 0.5) is 4.39 Å². The minimum absolute atomic E-state index is 0.0181. The first kappa shape index (κ1) is 14.8. The third kappa shape index (κ3) is 2.28.